The van der Waals surface area contributed by atoms with Crippen molar-refractivity contribution in [1.82, 2.24) is 10.2 Å². The highest BCUT2D eigenvalue weighted by Gasteiger charge is 2.02. The first-order chi connectivity index (χ1) is 8.24. The third-order valence-corrected chi connectivity index (χ3v) is 1.69. The maximum absolute atomic E-state index is 11.5. The lowest BCUT2D eigenvalue weighted by atomic mass is 10.5. The van der Waals surface area contributed by atoms with Gasteiger partial charge in [0.15, 0.2) is 0 Å². The van der Waals surface area contributed by atoms with E-state index in [0.29, 0.717) is 6.54 Å². The van der Waals surface area contributed by atoms with Crippen LogP contribution < -0.4 is 5.32 Å². The quantitative estimate of drug-likeness (QED) is 0.533. The molecule has 0 fully saturated rings. The number of allylic oxidation sites excluding steroid dienone is 1. The molecule has 0 spiro atoms. The van der Waals surface area contributed by atoms with E-state index in [4.69, 9.17) is 0 Å². The van der Waals surface area contributed by atoms with Gasteiger partial charge in [-0.15, -0.1) is 0 Å². The summed E-state index contributed by atoms with van der Waals surface area (Å²) in [6.07, 6.45) is 10.3. The van der Waals surface area contributed by atoms with Gasteiger partial charge in [0.1, 0.15) is 6.54 Å². The van der Waals surface area contributed by atoms with Crippen molar-refractivity contribution in [3.05, 3.63) is 24.6 Å². The number of nitrogens with one attached hydrogen (secondary N) is 1. The normalized spacial score (nSPS) is 12.2. The molecule has 1 amide bonds. The summed E-state index contributed by atoms with van der Waals surface area (Å²) in [7, 11) is 1.66. The molecule has 94 valence electrons. The van der Waals surface area contributed by atoms with Gasteiger partial charge in [-0.2, -0.15) is 0 Å². The van der Waals surface area contributed by atoms with E-state index < -0.39 is 0 Å². The number of aliphatic imine (C=N–C) groups is 2. The Morgan fingerprint density at radius 1 is 1.41 bits per heavy atom. The Labute approximate surface area is 103 Å². The van der Waals surface area contributed by atoms with Crippen LogP contribution in [0.15, 0.2) is 34.5 Å². The van der Waals surface area contributed by atoms with Gasteiger partial charge in [0.25, 0.3) is 0 Å². The maximum Gasteiger partial charge on any atom is 0.243 e. The van der Waals surface area contributed by atoms with Gasteiger partial charge in [-0.3, -0.25) is 14.8 Å². The fraction of sp³-hybridized carbons (Fsp3) is 0.417. The molecule has 0 heterocycles. The van der Waals surface area contributed by atoms with E-state index in [1.807, 2.05) is 19.9 Å². The Morgan fingerprint density at radius 2 is 2.18 bits per heavy atom. The first-order valence-electron chi connectivity index (χ1n) is 5.44. The van der Waals surface area contributed by atoms with Crippen molar-refractivity contribution in [3.8, 4) is 0 Å². The Bertz CT molecular complexity index is 306. The molecule has 0 aromatic rings. The number of nitrogens with zero attached hydrogens (tertiary/aromatic N) is 3. The van der Waals surface area contributed by atoms with Gasteiger partial charge in [-0.1, -0.05) is 6.08 Å². The summed E-state index contributed by atoms with van der Waals surface area (Å²) in [5.74, 6) is -0.0975. The van der Waals surface area contributed by atoms with Crippen molar-refractivity contribution in [2.75, 3.05) is 20.1 Å². The molecule has 5 heteroatoms. The topological polar surface area (TPSA) is 57.1 Å². The second-order valence-electron chi connectivity index (χ2n) is 3.12. The van der Waals surface area contributed by atoms with Crippen LogP contribution in [0.1, 0.15) is 13.8 Å². The summed E-state index contributed by atoms with van der Waals surface area (Å²) < 4.78 is 0. The molecule has 1 N–H and O–H groups in total. The van der Waals surface area contributed by atoms with Gasteiger partial charge < -0.3 is 10.2 Å². The van der Waals surface area contributed by atoms with Crippen LogP contribution in [0.2, 0.25) is 0 Å². The van der Waals surface area contributed by atoms with Crippen molar-refractivity contribution in [1.29, 1.82) is 0 Å². The maximum atomic E-state index is 11.5. The zero-order valence-electron chi connectivity index (χ0n) is 10.6. The number of hydrogen-bond acceptors (Lipinski definition) is 3. The lowest BCUT2D eigenvalue weighted by molar-refractivity contribution is -0.120. The molecule has 0 atom stereocenters. The van der Waals surface area contributed by atoms with Crippen LogP contribution in [0.4, 0.5) is 0 Å². The Morgan fingerprint density at radius 3 is 2.76 bits per heavy atom. The second kappa shape index (κ2) is 10.6. The molecule has 0 radical (unpaired) electrons. The van der Waals surface area contributed by atoms with E-state index >= 15 is 0 Å². The smallest absolute Gasteiger partial charge is 0.243 e. The van der Waals surface area contributed by atoms with Crippen LogP contribution >= 0.6 is 0 Å². The van der Waals surface area contributed by atoms with Crippen LogP contribution in [-0.2, 0) is 4.79 Å². The van der Waals surface area contributed by atoms with Crippen molar-refractivity contribution < 1.29 is 4.79 Å². The highest BCUT2D eigenvalue weighted by molar-refractivity contribution is 5.81. The van der Waals surface area contributed by atoms with Crippen molar-refractivity contribution in [2.45, 2.75) is 13.8 Å². The number of rotatable bonds is 7. The SMILES string of the molecule is CC=NC/C=C\NC(=O)CN(C=NC)/C=C\C. The summed E-state index contributed by atoms with van der Waals surface area (Å²) in [6.45, 7) is 4.55. The third kappa shape index (κ3) is 9.04. The van der Waals surface area contributed by atoms with Crippen LogP contribution in [0.3, 0.4) is 0 Å². The van der Waals surface area contributed by atoms with Crippen LogP contribution in [-0.4, -0.2) is 43.5 Å². The molecule has 0 unspecified atom stereocenters. The Kier molecular flexibility index (Phi) is 9.41. The monoisotopic (exact) mass is 236 g/mol. The van der Waals surface area contributed by atoms with Crippen molar-refractivity contribution in [2.24, 2.45) is 9.98 Å². The Hall–Kier alpha value is -1.91. The minimum atomic E-state index is -0.0975. The van der Waals surface area contributed by atoms with Gasteiger partial charge in [0.2, 0.25) is 5.91 Å². The van der Waals surface area contributed by atoms with Crippen molar-refractivity contribution in [3.63, 3.8) is 0 Å². The predicted octanol–water partition coefficient (Wildman–Crippen LogP) is 1.20. The Balaban J connectivity index is 4.01. The fourth-order valence-corrected chi connectivity index (χ4v) is 1.05. The van der Waals surface area contributed by atoms with E-state index in [9.17, 15) is 4.79 Å². The highest BCUT2D eigenvalue weighted by Crippen LogP contribution is 1.86. The van der Waals surface area contributed by atoms with Crippen LogP contribution in [0.5, 0.6) is 0 Å². The first-order valence-corrected chi connectivity index (χ1v) is 5.44. The second-order valence-corrected chi connectivity index (χ2v) is 3.12. The minimum Gasteiger partial charge on any atom is -0.331 e. The molecule has 0 aliphatic rings. The summed E-state index contributed by atoms with van der Waals surface area (Å²) in [5.41, 5.74) is 0. The van der Waals surface area contributed by atoms with Crippen LogP contribution in [0, 0.1) is 0 Å². The number of carbonyl (C=O) groups excluding carboxylic acids is 1. The molecule has 0 aliphatic carbocycles. The molecular formula is C12H20N4O. The summed E-state index contributed by atoms with van der Waals surface area (Å²) in [5, 5.41) is 2.66. The zero-order chi connectivity index (χ0) is 12.9. The molecule has 0 aromatic heterocycles. The van der Waals surface area contributed by atoms with Gasteiger partial charge in [-0.05, 0) is 26.1 Å². The first kappa shape index (κ1) is 15.1. The van der Waals surface area contributed by atoms with Gasteiger partial charge in [0, 0.05) is 19.4 Å². The van der Waals surface area contributed by atoms with Crippen LogP contribution in [0.25, 0.3) is 0 Å². The molecule has 0 rings (SSSR count). The fourth-order valence-electron chi connectivity index (χ4n) is 1.05. The molecule has 0 saturated carbocycles. The zero-order valence-corrected chi connectivity index (χ0v) is 10.6. The molecule has 0 bridgehead atoms. The van der Waals surface area contributed by atoms with E-state index in [0.717, 1.165) is 0 Å². The predicted molar refractivity (Wildman–Crippen MR) is 72.3 cm³/mol. The number of carbonyl (C=O) groups is 1. The largest absolute Gasteiger partial charge is 0.331 e. The van der Waals surface area contributed by atoms with E-state index in [-0.39, 0.29) is 12.5 Å². The molecule has 0 aliphatic heterocycles. The summed E-state index contributed by atoms with van der Waals surface area (Å²) in [4.78, 5) is 21.0. The number of hydrogen-bond donors (Lipinski definition) is 1. The van der Waals surface area contributed by atoms with Gasteiger partial charge >= 0.3 is 0 Å². The highest BCUT2D eigenvalue weighted by atomic mass is 16.1. The van der Waals surface area contributed by atoms with E-state index in [1.54, 1.807) is 43.0 Å². The lowest BCUT2D eigenvalue weighted by Gasteiger charge is -2.12. The lowest BCUT2D eigenvalue weighted by Crippen LogP contribution is -2.31. The average molecular weight is 236 g/mol. The van der Waals surface area contributed by atoms with Gasteiger partial charge in [-0.25, -0.2) is 0 Å². The minimum absolute atomic E-state index is 0.0975. The molecule has 0 saturated heterocycles. The molecule has 5 nitrogen and oxygen atoms in total. The molecule has 17 heavy (non-hydrogen) atoms. The van der Waals surface area contributed by atoms with E-state index in [2.05, 4.69) is 15.3 Å². The molecule has 0 aromatic carbocycles. The van der Waals surface area contributed by atoms with E-state index in [1.165, 1.54) is 0 Å². The number of amides is 1. The summed E-state index contributed by atoms with van der Waals surface area (Å²) >= 11 is 0. The van der Waals surface area contributed by atoms with Crippen molar-refractivity contribution >= 4 is 18.5 Å². The third-order valence-electron chi connectivity index (χ3n) is 1.69. The standard InChI is InChI=1S/C12H20N4O/c1-4-9-16(11-13-3)10-12(17)15-8-6-7-14-5-2/h4-6,8-9,11H,7,10H2,1-3H3,(H,15,17)/b8-6-,9-4-,13-11?,14-5?. The van der Waals surface area contributed by atoms with Gasteiger partial charge in [0.05, 0.1) is 12.9 Å². The molecular weight excluding hydrogens is 216 g/mol. The average Bonchev–Trinajstić information content (AvgIpc) is 2.29. The summed E-state index contributed by atoms with van der Waals surface area (Å²) in [6, 6.07) is 0.